The molecule has 0 spiro atoms. The molecular formula is C14H10N2O4. The summed E-state index contributed by atoms with van der Waals surface area (Å²) in [5.41, 5.74) is 2.29. The molecule has 0 radical (unpaired) electrons. The van der Waals surface area contributed by atoms with Gasteiger partial charge in [0, 0.05) is 33.9 Å². The minimum Gasteiger partial charge on any atom is -0.481 e. The van der Waals surface area contributed by atoms with Gasteiger partial charge < -0.3 is 10.1 Å². The van der Waals surface area contributed by atoms with E-state index in [2.05, 4.69) is 4.98 Å². The smallest absolute Gasteiger partial charge is 0.307 e. The van der Waals surface area contributed by atoms with Crippen LogP contribution in [-0.2, 0) is 11.2 Å². The van der Waals surface area contributed by atoms with E-state index in [4.69, 9.17) is 5.11 Å². The topological polar surface area (TPSA) is 96.2 Å². The molecule has 0 aliphatic rings. The molecule has 100 valence electrons. The number of rotatable bonds is 3. The Balaban J connectivity index is 2.21. The van der Waals surface area contributed by atoms with Crippen molar-refractivity contribution in [1.29, 1.82) is 0 Å². The second kappa shape index (κ2) is 4.34. The monoisotopic (exact) mass is 270 g/mol. The SMILES string of the molecule is O=C(O)Cc1ccc2c(c1)[nH]c1ccc([N+](=O)[O-])cc12. The van der Waals surface area contributed by atoms with Crippen molar-refractivity contribution in [2.75, 3.05) is 0 Å². The second-order valence-corrected chi connectivity index (χ2v) is 4.56. The number of carbonyl (C=O) groups is 1. The van der Waals surface area contributed by atoms with Crippen molar-refractivity contribution in [2.45, 2.75) is 6.42 Å². The van der Waals surface area contributed by atoms with E-state index < -0.39 is 10.9 Å². The molecule has 0 aliphatic carbocycles. The average molecular weight is 270 g/mol. The first kappa shape index (κ1) is 12.2. The van der Waals surface area contributed by atoms with E-state index >= 15 is 0 Å². The lowest BCUT2D eigenvalue weighted by Gasteiger charge is -1.97. The molecule has 6 nitrogen and oxygen atoms in total. The van der Waals surface area contributed by atoms with Gasteiger partial charge in [-0.05, 0) is 17.7 Å². The van der Waals surface area contributed by atoms with E-state index in [-0.39, 0.29) is 12.1 Å². The molecular weight excluding hydrogens is 260 g/mol. The molecule has 0 aliphatic heterocycles. The number of benzene rings is 2. The van der Waals surface area contributed by atoms with Crippen molar-refractivity contribution in [3.63, 3.8) is 0 Å². The summed E-state index contributed by atoms with van der Waals surface area (Å²) in [7, 11) is 0. The maximum Gasteiger partial charge on any atom is 0.307 e. The van der Waals surface area contributed by atoms with Crippen molar-refractivity contribution >= 4 is 33.5 Å². The number of fused-ring (bicyclic) bond motifs is 3. The Kier molecular flexibility index (Phi) is 2.64. The van der Waals surface area contributed by atoms with Gasteiger partial charge in [-0.15, -0.1) is 0 Å². The zero-order valence-electron chi connectivity index (χ0n) is 10.3. The lowest BCUT2D eigenvalue weighted by atomic mass is 10.1. The van der Waals surface area contributed by atoms with E-state index in [0.29, 0.717) is 5.56 Å². The van der Waals surface area contributed by atoms with Gasteiger partial charge >= 0.3 is 5.97 Å². The summed E-state index contributed by atoms with van der Waals surface area (Å²) in [6.45, 7) is 0. The normalized spacial score (nSPS) is 11.0. The van der Waals surface area contributed by atoms with E-state index in [9.17, 15) is 14.9 Å². The summed E-state index contributed by atoms with van der Waals surface area (Å²) < 4.78 is 0. The summed E-state index contributed by atoms with van der Waals surface area (Å²) in [6, 6.07) is 9.89. The van der Waals surface area contributed by atoms with E-state index in [1.165, 1.54) is 12.1 Å². The Hall–Kier alpha value is -2.89. The maximum atomic E-state index is 10.8. The fraction of sp³-hybridized carbons (Fsp3) is 0.0714. The van der Waals surface area contributed by atoms with Crippen LogP contribution >= 0.6 is 0 Å². The van der Waals surface area contributed by atoms with E-state index in [1.54, 1.807) is 24.3 Å². The second-order valence-electron chi connectivity index (χ2n) is 4.56. The van der Waals surface area contributed by atoms with Gasteiger partial charge in [0.05, 0.1) is 11.3 Å². The van der Waals surface area contributed by atoms with Crippen LogP contribution in [0.2, 0.25) is 0 Å². The predicted molar refractivity (Wildman–Crippen MR) is 73.8 cm³/mol. The van der Waals surface area contributed by atoms with Crippen LogP contribution in [0.5, 0.6) is 0 Å². The van der Waals surface area contributed by atoms with Crippen molar-refractivity contribution < 1.29 is 14.8 Å². The lowest BCUT2D eigenvalue weighted by molar-refractivity contribution is -0.384. The van der Waals surface area contributed by atoms with Crippen LogP contribution in [0.1, 0.15) is 5.56 Å². The zero-order chi connectivity index (χ0) is 14.3. The third-order valence-electron chi connectivity index (χ3n) is 3.21. The minimum absolute atomic E-state index is 0.0352. The van der Waals surface area contributed by atoms with Crippen molar-refractivity contribution in [2.24, 2.45) is 0 Å². The number of H-pyrrole nitrogens is 1. The number of aromatic nitrogens is 1. The molecule has 0 fully saturated rings. The highest BCUT2D eigenvalue weighted by atomic mass is 16.6. The number of hydrogen-bond acceptors (Lipinski definition) is 3. The quantitative estimate of drug-likeness (QED) is 0.565. The number of aromatic amines is 1. The Morgan fingerprint density at radius 1 is 1.15 bits per heavy atom. The maximum absolute atomic E-state index is 10.8. The molecule has 2 N–H and O–H groups in total. The van der Waals surface area contributed by atoms with E-state index in [0.717, 1.165) is 21.8 Å². The first-order valence-corrected chi connectivity index (χ1v) is 5.95. The van der Waals surface area contributed by atoms with E-state index in [1.807, 2.05) is 0 Å². The minimum atomic E-state index is -0.893. The fourth-order valence-corrected chi connectivity index (χ4v) is 2.34. The van der Waals surface area contributed by atoms with Crippen LogP contribution in [0.25, 0.3) is 21.8 Å². The van der Waals surface area contributed by atoms with Crippen molar-refractivity contribution in [1.82, 2.24) is 4.98 Å². The molecule has 0 amide bonds. The molecule has 3 rings (SSSR count). The van der Waals surface area contributed by atoms with Gasteiger partial charge in [0.2, 0.25) is 0 Å². The summed E-state index contributed by atoms with van der Waals surface area (Å²) in [6.07, 6.45) is -0.0501. The Bertz CT molecular complexity index is 851. The number of nitro groups is 1. The number of hydrogen-bond donors (Lipinski definition) is 2. The highest BCUT2D eigenvalue weighted by molar-refractivity contribution is 6.08. The Morgan fingerprint density at radius 2 is 1.95 bits per heavy atom. The third-order valence-corrected chi connectivity index (χ3v) is 3.21. The predicted octanol–water partition coefficient (Wildman–Crippen LogP) is 2.86. The molecule has 0 bridgehead atoms. The van der Waals surface area contributed by atoms with Gasteiger partial charge in [-0.3, -0.25) is 14.9 Å². The molecule has 3 aromatic rings. The molecule has 0 saturated carbocycles. The first-order valence-electron chi connectivity index (χ1n) is 5.95. The van der Waals surface area contributed by atoms with Crippen LogP contribution in [0.3, 0.4) is 0 Å². The molecule has 2 aromatic carbocycles. The first-order chi connectivity index (χ1) is 9.54. The van der Waals surface area contributed by atoms with Crippen LogP contribution in [0.4, 0.5) is 5.69 Å². The molecule has 20 heavy (non-hydrogen) atoms. The lowest BCUT2D eigenvalue weighted by Crippen LogP contribution is -1.99. The third kappa shape index (κ3) is 1.97. The Labute approximate surface area is 112 Å². The van der Waals surface area contributed by atoms with Gasteiger partial charge in [0.25, 0.3) is 5.69 Å². The van der Waals surface area contributed by atoms with Gasteiger partial charge in [-0.25, -0.2) is 0 Å². The summed E-state index contributed by atoms with van der Waals surface area (Å²) in [5.74, 6) is -0.893. The number of carboxylic acid groups (broad SMARTS) is 1. The Morgan fingerprint density at radius 3 is 2.65 bits per heavy atom. The fourth-order valence-electron chi connectivity index (χ4n) is 2.34. The number of carboxylic acids is 1. The highest BCUT2D eigenvalue weighted by Gasteiger charge is 2.11. The average Bonchev–Trinajstić information content (AvgIpc) is 2.74. The van der Waals surface area contributed by atoms with Crippen LogP contribution < -0.4 is 0 Å². The van der Waals surface area contributed by atoms with Gasteiger partial charge in [0.15, 0.2) is 0 Å². The number of non-ortho nitro benzene ring substituents is 1. The highest BCUT2D eigenvalue weighted by Crippen LogP contribution is 2.29. The molecule has 6 heteroatoms. The molecule has 0 atom stereocenters. The van der Waals surface area contributed by atoms with Gasteiger partial charge in [-0.2, -0.15) is 0 Å². The van der Waals surface area contributed by atoms with Gasteiger partial charge in [-0.1, -0.05) is 12.1 Å². The summed E-state index contributed by atoms with van der Waals surface area (Å²) >= 11 is 0. The van der Waals surface area contributed by atoms with Crippen LogP contribution in [0, 0.1) is 10.1 Å². The summed E-state index contributed by atoms with van der Waals surface area (Å²) in [5, 5.41) is 21.2. The molecule has 0 saturated heterocycles. The number of nitrogens with one attached hydrogen (secondary N) is 1. The van der Waals surface area contributed by atoms with Crippen molar-refractivity contribution in [3.8, 4) is 0 Å². The number of nitrogens with zero attached hydrogens (tertiary/aromatic N) is 1. The number of aliphatic carboxylic acids is 1. The van der Waals surface area contributed by atoms with Crippen molar-refractivity contribution in [3.05, 3.63) is 52.1 Å². The van der Waals surface area contributed by atoms with Gasteiger partial charge in [0.1, 0.15) is 0 Å². The molecule has 1 heterocycles. The molecule has 0 unspecified atom stereocenters. The largest absolute Gasteiger partial charge is 0.481 e. The van der Waals surface area contributed by atoms with Crippen LogP contribution in [-0.4, -0.2) is 21.0 Å². The summed E-state index contributed by atoms with van der Waals surface area (Å²) in [4.78, 5) is 24.2. The van der Waals surface area contributed by atoms with Crippen LogP contribution in [0.15, 0.2) is 36.4 Å². The zero-order valence-corrected chi connectivity index (χ0v) is 10.3. The number of nitro benzene ring substituents is 1. The standard InChI is InChI=1S/C14H10N2O4/c17-14(18)6-8-1-3-10-11-7-9(16(19)20)2-4-12(11)15-13(10)5-8/h1-5,7,15H,6H2,(H,17,18). The molecule has 1 aromatic heterocycles.